The van der Waals surface area contributed by atoms with Crippen LogP contribution in [0.15, 0.2) is 11.8 Å². The van der Waals surface area contributed by atoms with Gasteiger partial charge in [0, 0.05) is 50.4 Å². The zero-order valence-corrected chi connectivity index (χ0v) is 25.7. The van der Waals surface area contributed by atoms with Crippen LogP contribution < -0.4 is 10.6 Å². The van der Waals surface area contributed by atoms with Crippen LogP contribution in [0.1, 0.15) is 70.6 Å². The molecule has 3 aliphatic carbocycles. The van der Waals surface area contributed by atoms with Crippen LogP contribution >= 0.6 is 0 Å². The van der Waals surface area contributed by atoms with Crippen LogP contribution in [0, 0.1) is 17.8 Å². The standard InChI is InChI=1S/C33H53N5O4/c1-36-13-4-7-24(36)10-11-34-27-9-8-25-30-32(27)42-29-20-23-6-3-2-5-22(23)19-28(29)38(30)21-26(31(25)39)33(40)35-12-14-37-15-17-41-18-16-37/h21-25,27-30,32,34H,2-20H2,1H3,(H,35,40). The molecule has 9 atom stereocenters. The minimum absolute atomic E-state index is 0.00224. The van der Waals surface area contributed by atoms with Gasteiger partial charge in [0.1, 0.15) is 0 Å². The van der Waals surface area contributed by atoms with Crippen molar-refractivity contribution >= 4 is 11.7 Å². The number of carbonyl (C=O) groups excluding carboxylic acids is 2. The van der Waals surface area contributed by atoms with E-state index in [9.17, 15) is 9.59 Å². The number of ether oxygens (including phenoxy) is 2. The second-order valence-electron chi connectivity index (χ2n) is 14.3. The molecule has 9 nitrogen and oxygen atoms in total. The molecule has 1 amide bonds. The first-order valence-electron chi connectivity index (χ1n) is 17.3. The maximum Gasteiger partial charge on any atom is 0.256 e. The average molecular weight is 584 g/mol. The Bertz CT molecular complexity index is 1020. The van der Waals surface area contributed by atoms with E-state index in [0.29, 0.717) is 18.2 Å². The first-order valence-corrected chi connectivity index (χ1v) is 17.3. The first kappa shape index (κ1) is 29.2. The Morgan fingerprint density at radius 2 is 1.79 bits per heavy atom. The summed E-state index contributed by atoms with van der Waals surface area (Å²) in [6, 6.07) is 1.23. The number of fused-ring (bicyclic) bond motifs is 3. The Labute approximate surface area is 252 Å². The molecule has 42 heavy (non-hydrogen) atoms. The number of hydrogen-bond acceptors (Lipinski definition) is 8. The minimum Gasteiger partial charge on any atom is -0.379 e. The van der Waals surface area contributed by atoms with Crippen molar-refractivity contribution < 1.29 is 19.1 Å². The summed E-state index contributed by atoms with van der Waals surface area (Å²) in [4.78, 5) is 34.8. The van der Waals surface area contributed by atoms with Crippen molar-refractivity contribution in [3.8, 4) is 0 Å². The van der Waals surface area contributed by atoms with Gasteiger partial charge in [-0.15, -0.1) is 0 Å². The topological polar surface area (TPSA) is 86.4 Å². The molecule has 9 heteroatoms. The number of nitrogens with one attached hydrogen (secondary N) is 2. The number of likely N-dealkylation sites (tertiary alicyclic amines) is 1. The van der Waals surface area contributed by atoms with Gasteiger partial charge in [-0.05, 0) is 76.9 Å². The lowest BCUT2D eigenvalue weighted by atomic mass is 9.65. The molecular weight excluding hydrogens is 530 g/mol. The molecule has 234 valence electrons. The Morgan fingerprint density at radius 3 is 2.57 bits per heavy atom. The fourth-order valence-electron chi connectivity index (χ4n) is 9.72. The van der Waals surface area contributed by atoms with Crippen molar-refractivity contribution in [2.75, 3.05) is 59.5 Å². The van der Waals surface area contributed by atoms with E-state index in [1.165, 1.54) is 51.5 Å². The van der Waals surface area contributed by atoms with Gasteiger partial charge in [0.05, 0.1) is 43.1 Å². The van der Waals surface area contributed by atoms with Crippen LogP contribution in [0.5, 0.6) is 0 Å². The van der Waals surface area contributed by atoms with E-state index >= 15 is 0 Å². The Balaban J connectivity index is 1.08. The molecule has 0 aromatic carbocycles. The summed E-state index contributed by atoms with van der Waals surface area (Å²) in [7, 11) is 2.25. The molecule has 6 fully saturated rings. The monoisotopic (exact) mass is 583 g/mol. The van der Waals surface area contributed by atoms with E-state index in [4.69, 9.17) is 9.47 Å². The van der Waals surface area contributed by atoms with Gasteiger partial charge in [-0.1, -0.05) is 25.7 Å². The number of hydrogen-bond donors (Lipinski definition) is 2. The maximum absolute atomic E-state index is 14.0. The van der Waals surface area contributed by atoms with E-state index < -0.39 is 0 Å². The second kappa shape index (κ2) is 12.8. The third-order valence-corrected chi connectivity index (χ3v) is 12.1. The smallest absolute Gasteiger partial charge is 0.256 e. The third kappa shape index (κ3) is 5.81. The molecule has 0 spiro atoms. The molecule has 7 rings (SSSR count). The Kier molecular flexibility index (Phi) is 8.93. The van der Waals surface area contributed by atoms with E-state index in [-0.39, 0.29) is 47.9 Å². The number of morpholine rings is 2. The maximum atomic E-state index is 14.0. The number of nitrogens with zero attached hydrogens (tertiary/aromatic N) is 3. The van der Waals surface area contributed by atoms with Gasteiger partial charge >= 0.3 is 0 Å². The first-order chi connectivity index (χ1) is 20.6. The lowest BCUT2D eigenvalue weighted by Crippen LogP contribution is -2.71. The van der Waals surface area contributed by atoms with Crippen LogP contribution in [-0.2, 0) is 19.1 Å². The number of amides is 1. The lowest BCUT2D eigenvalue weighted by molar-refractivity contribution is -0.200. The van der Waals surface area contributed by atoms with Crippen LogP contribution in [0.25, 0.3) is 0 Å². The molecule has 4 aliphatic heterocycles. The number of Topliss-reactive ketones (excluding diaryl/α,β-unsaturated/α-hetero) is 1. The summed E-state index contributed by atoms with van der Waals surface area (Å²) in [6.45, 7) is 6.84. The normalized spacial score (nSPS) is 40.6. The molecule has 9 unspecified atom stereocenters. The van der Waals surface area contributed by atoms with Crippen LogP contribution in [0.3, 0.4) is 0 Å². The Morgan fingerprint density at radius 1 is 0.976 bits per heavy atom. The molecule has 4 heterocycles. The van der Waals surface area contributed by atoms with Crippen LogP contribution in [-0.4, -0.2) is 122 Å². The lowest BCUT2D eigenvalue weighted by Gasteiger charge is -2.60. The summed E-state index contributed by atoms with van der Waals surface area (Å²) >= 11 is 0. The van der Waals surface area contributed by atoms with Gasteiger partial charge in [0.25, 0.3) is 5.91 Å². The van der Waals surface area contributed by atoms with Gasteiger partial charge in [-0.3, -0.25) is 14.5 Å². The van der Waals surface area contributed by atoms with Crippen molar-refractivity contribution in [3.05, 3.63) is 11.8 Å². The highest BCUT2D eigenvalue weighted by Gasteiger charge is 2.57. The summed E-state index contributed by atoms with van der Waals surface area (Å²) in [5.41, 5.74) is 0.374. The van der Waals surface area contributed by atoms with Crippen molar-refractivity contribution in [2.24, 2.45) is 17.8 Å². The van der Waals surface area contributed by atoms with E-state index in [2.05, 4.69) is 32.4 Å². The van der Waals surface area contributed by atoms with Crippen molar-refractivity contribution in [3.63, 3.8) is 0 Å². The van der Waals surface area contributed by atoms with Crippen LogP contribution in [0.4, 0.5) is 0 Å². The molecule has 0 bridgehead atoms. The van der Waals surface area contributed by atoms with Crippen molar-refractivity contribution in [2.45, 2.75) is 107 Å². The molecule has 3 saturated carbocycles. The zero-order valence-electron chi connectivity index (χ0n) is 25.7. The minimum atomic E-state index is -0.196. The SMILES string of the molecule is CN1CCCC1CCNC1CCC2C(=O)C(C(=O)NCCN3CCOCC3)=CN3C4CC5CCCCC5CC4OC1C23. The summed E-state index contributed by atoms with van der Waals surface area (Å²) < 4.78 is 12.6. The second-order valence-corrected chi connectivity index (χ2v) is 14.3. The summed E-state index contributed by atoms with van der Waals surface area (Å²) in [5, 5.41) is 7.01. The summed E-state index contributed by atoms with van der Waals surface area (Å²) in [5.74, 6) is 1.18. The Hall–Kier alpha value is -1.52. The van der Waals surface area contributed by atoms with Gasteiger partial charge in [-0.25, -0.2) is 0 Å². The van der Waals surface area contributed by atoms with Gasteiger partial charge in [0.15, 0.2) is 5.78 Å². The highest BCUT2D eigenvalue weighted by molar-refractivity contribution is 6.20. The van der Waals surface area contributed by atoms with Crippen molar-refractivity contribution in [1.29, 1.82) is 0 Å². The number of carbonyl (C=O) groups is 2. The zero-order chi connectivity index (χ0) is 28.6. The molecule has 0 aromatic heterocycles. The fraction of sp³-hybridized carbons (Fsp3) is 0.879. The highest BCUT2D eigenvalue weighted by Crippen LogP contribution is 2.49. The van der Waals surface area contributed by atoms with Gasteiger partial charge < -0.3 is 29.9 Å². The average Bonchev–Trinajstić information content (AvgIpc) is 3.42. The van der Waals surface area contributed by atoms with Crippen molar-refractivity contribution in [1.82, 2.24) is 25.3 Å². The molecule has 0 aromatic rings. The molecular formula is C33H53N5O4. The highest BCUT2D eigenvalue weighted by atomic mass is 16.5. The predicted octanol–water partition coefficient (Wildman–Crippen LogP) is 2.16. The molecule has 7 aliphatic rings. The molecule has 3 saturated heterocycles. The quantitative estimate of drug-likeness (QED) is 0.421. The van der Waals surface area contributed by atoms with E-state index in [1.54, 1.807) is 0 Å². The fourth-order valence-corrected chi connectivity index (χ4v) is 9.72. The molecule has 0 radical (unpaired) electrons. The van der Waals surface area contributed by atoms with Gasteiger partial charge in [0.2, 0.25) is 0 Å². The van der Waals surface area contributed by atoms with Gasteiger partial charge in [-0.2, -0.15) is 0 Å². The summed E-state index contributed by atoms with van der Waals surface area (Å²) in [6.07, 6.45) is 15.3. The molecule has 2 N–H and O–H groups in total. The largest absolute Gasteiger partial charge is 0.379 e. The van der Waals surface area contributed by atoms with Crippen LogP contribution in [0.2, 0.25) is 0 Å². The predicted molar refractivity (Wildman–Crippen MR) is 161 cm³/mol. The van der Waals surface area contributed by atoms with E-state index in [0.717, 1.165) is 76.9 Å². The third-order valence-electron chi connectivity index (χ3n) is 12.1. The number of rotatable bonds is 8. The number of ketones is 1. The van der Waals surface area contributed by atoms with E-state index in [1.807, 2.05) is 6.20 Å².